The van der Waals surface area contributed by atoms with Crippen molar-refractivity contribution >= 4 is 55.1 Å². The fraction of sp³-hybridized carbons (Fsp3) is 0.0714. The second kappa shape index (κ2) is 6.07. The van der Waals surface area contributed by atoms with Gasteiger partial charge in [0.15, 0.2) is 0 Å². The number of hydrogen-bond acceptors (Lipinski definition) is 1. The molecule has 0 spiro atoms. The van der Waals surface area contributed by atoms with Crippen molar-refractivity contribution in [2.75, 3.05) is 5.32 Å². The first kappa shape index (κ1) is 14.6. The number of rotatable bonds is 2. The van der Waals surface area contributed by atoms with E-state index in [0.717, 1.165) is 15.7 Å². The van der Waals surface area contributed by atoms with Crippen molar-refractivity contribution in [3.05, 3.63) is 61.5 Å². The zero-order valence-corrected chi connectivity index (χ0v) is 13.9. The monoisotopic (exact) mass is 401 g/mol. The zero-order valence-electron chi connectivity index (χ0n) is 10.0. The van der Waals surface area contributed by atoms with Crippen molar-refractivity contribution in [2.45, 2.75) is 6.92 Å². The molecule has 98 valence electrons. The van der Waals surface area contributed by atoms with Gasteiger partial charge in [-0.15, -0.1) is 0 Å². The van der Waals surface area contributed by atoms with Crippen molar-refractivity contribution in [3.63, 3.8) is 0 Å². The van der Waals surface area contributed by atoms with Crippen LogP contribution in [-0.2, 0) is 0 Å². The van der Waals surface area contributed by atoms with Gasteiger partial charge in [0, 0.05) is 19.7 Å². The molecule has 0 unspecified atom stereocenters. The van der Waals surface area contributed by atoms with Gasteiger partial charge < -0.3 is 5.32 Å². The highest BCUT2D eigenvalue weighted by Crippen LogP contribution is 2.24. The van der Waals surface area contributed by atoms with Gasteiger partial charge in [-0.2, -0.15) is 0 Å². The van der Waals surface area contributed by atoms with Crippen LogP contribution in [0.15, 0.2) is 45.3 Å². The molecule has 0 aliphatic rings. The Balaban J connectivity index is 2.28. The maximum absolute atomic E-state index is 12.2. The number of anilines is 1. The van der Waals surface area contributed by atoms with E-state index in [4.69, 9.17) is 11.6 Å². The molecule has 19 heavy (non-hydrogen) atoms. The van der Waals surface area contributed by atoms with Gasteiger partial charge in [0.2, 0.25) is 0 Å². The molecular weight excluding hydrogens is 393 g/mol. The van der Waals surface area contributed by atoms with E-state index in [1.165, 1.54) is 0 Å². The van der Waals surface area contributed by atoms with Crippen molar-refractivity contribution in [1.29, 1.82) is 0 Å². The lowest BCUT2D eigenvalue weighted by molar-refractivity contribution is 0.102. The molecule has 0 aliphatic heterocycles. The molecule has 1 N–H and O–H groups in total. The highest BCUT2D eigenvalue weighted by atomic mass is 79.9. The minimum atomic E-state index is -0.202. The summed E-state index contributed by atoms with van der Waals surface area (Å²) < 4.78 is 1.63. The van der Waals surface area contributed by atoms with Crippen LogP contribution in [0.5, 0.6) is 0 Å². The summed E-state index contributed by atoms with van der Waals surface area (Å²) >= 11 is 12.7. The predicted molar refractivity (Wildman–Crippen MR) is 86.0 cm³/mol. The van der Waals surface area contributed by atoms with Crippen LogP contribution in [0.4, 0.5) is 5.69 Å². The van der Waals surface area contributed by atoms with Crippen molar-refractivity contribution in [1.82, 2.24) is 0 Å². The summed E-state index contributed by atoms with van der Waals surface area (Å²) in [5.74, 6) is -0.202. The predicted octanol–water partition coefficient (Wildman–Crippen LogP) is 5.43. The van der Waals surface area contributed by atoms with Crippen LogP contribution in [0, 0.1) is 6.92 Å². The number of amides is 1. The summed E-state index contributed by atoms with van der Waals surface area (Å²) in [5, 5.41) is 3.38. The number of benzene rings is 2. The highest BCUT2D eigenvalue weighted by molar-refractivity contribution is 9.10. The Morgan fingerprint density at radius 1 is 1.16 bits per heavy atom. The topological polar surface area (TPSA) is 29.1 Å². The number of carbonyl (C=O) groups is 1. The van der Waals surface area contributed by atoms with Crippen LogP contribution in [0.1, 0.15) is 15.9 Å². The Bertz CT molecular complexity index is 623. The lowest BCUT2D eigenvalue weighted by Gasteiger charge is -2.08. The first-order valence-electron chi connectivity index (χ1n) is 5.49. The van der Waals surface area contributed by atoms with Crippen molar-refractivity contribution < 1.29 is 4.79 Å². The Labute approximate surface area is 133 Å². The van der Waals surface area contributed by atoms with Gasteiger partial charge in [0.1, 0.15) is 0 Å². The number of carbonyl (C=O) groups excluding carboxylic acids is 1. The standard InChI is InChI=1S/C14H10Br2ClNO/c1-8-4-9(15)6-11(5-8)18-14(19)12-7-10(17)2-3-13(12)16/h2-7H,1H3,(H,18,19). The van der Waals surface area contributed by atoms with E-state index in [9.17, 15) is 4.79 Å². The molecule has 0 fully saturated rings. The van der Waals surface area contributed by atoms with Gasteiger partial charge in [-0.3, -0.25) is 4.79 Å². The van der Waals surface area contributed by atoms with Crippen LogP contribution in [0.3, 0.4) is 0 Å². The number of halogens is 3. The van der Waals surface area contributed by atoms with Crippen LogP contribution < -0.4 is 5.32 Å². The van der Waals surface area contributed by atoms with E-state index in [1.807, 2.05) is 25.1 Å². The summed E-state index contributed by atoms with van der Waals surface area (Å²) in [6, 6.07) is 10.8. The molecule has 2 rings (SSSR count). The average Bonchev–Trinajstić information content (AvgIpc) is 2.30. The maximum Gasteiger partial charge on any atom is 0.256 e. The molecule has 2 aromatic carbocycles. The van der Waals surface area contributed by atoms with Gasteiger partial charge in [-0.05, 0) is 64.8 Å². The van der Waals surface area contributed by atoms with Crippen LogP contribution >= 0.6 is 43.5 Å². The molecule has 1 amide bonds. The first-order valence-corrected chi connectivity index (χ1v) is 7.46. The largest absolute Gasteiger partial charge is 0.322 e. The molecule has 5 heteroatoms. The van der Waals surface area contributed by atoms with E-state index in [0.29, 0.717) is 15.1 Å². The molecule has 0 aliphatic carbocycles. The van der Waals surface area contributed by atoms with Gasteiger partial charge in [0.05, 0.1) is 5.56 Å². The molecule has 0 atom stereocenters. The molecule has 0 saturated heterocycles. The summed E-state index contributed by atoms with van der Waals surface area (Å²) in [7, 11) is 0. The van der Waals surface area contributed by atoms with E-state index < -0.39 is 0 Å². The van der Waals surface area contributed by atoms with E-state index in [1.54, 1.807) is 18.2 Å². The van der Waals surface area contributed by atoms with Crippen LogP contribution in [-0.4, -0.2) is 5.91 Å². The fourth-order valence-corrected chi connectivity index (χ4v) is 2.88. The van der Waals surface area contributed by atoms with Crippen molar-refractivity contribution in [2.24, 2.45) is 0 Å². The normalized spacial score (nSPS) is 10.3. The Morgan fingerprint density at radius 2 is 1.89 bits per heavy atom. The Morgan fingerprint density at radius 3 is 2.58 bits per heavy atom. The number of nitrogens with one attached hydrogen (secondary N) is 1. The molecule has 2 aromatic rings. The molecular formula is C14H10Br2ClNO. The molecule has 0 saturated carbocycles. The zero-order chi connectivity index (χ0) is 14.0. The summed E-state index contributed by atoms with van der Waals surface area (Å²) in [5.41, 5.74) is 2.31. The summed E-state index contributed by atoms with van der Waals surface area (Å²) in [6.07, 6.45) is 0. The maximum atomic E-state index is 12.2. The lowest BCUT2D eigenvalue weighted by atomic mass is 10.2. The van der Waals surface area contributed by atoms with E-state index >= 15 is 0 Å². The Kier molecular flexibility index (Phi) is 4.66. The van der Waals surface area contributed by atoms with Crippen LogP contribution in [0.25, 0.3) is 0 Å². The molecule has 0 aromatic heterocycles. The molecule has 0 bridgehead atoms. The summed E-state index contributed by atoms with van der Waals surface area (Å²) in [4.78, 5) is 12.2. The third-order valence-electron chi connectivity index (χ3n) is 2.47. The molecule has 0 radical (unpaired) electrons. The quantitative estimate of drug-likeness (QED) is 0.712. The molecule has 2 nitrogen and oxygen atoms in total. The lowest BCUT2D eigenvalue weighted by Crippen LogP contribution is -2.12. The Hall–Kier alpha value is -0.840. The first-order chi connectivity index (χ1) is 8.95. The second-order valence-corrected chi connectivity index (χ2v) is 6.30. The smallest absolute Gasteiger partial charge is 0.256 e. The van der Waals surface area contributed by atoms with Gasteiger partial charge >= 0.3 is 0 Å². The van der Waals surface area contributed by atoms with Gasteiger partial charge in [-0.1, -0.05) is 27.5 Å². The van der Waals surface area contributed by atoms with Crippen LogP contribution in [0.2, 0.25) is 5.02 Å². The van der Waals surface area contributed by atoms with Gasteiger partial charge in [-0.25, -0.2) is 0 Å². The number of hydrogen-bond donors (Lipinski definition) is 1. The minimum absolute atomic E-state index is 0.202. The van der Waals surface area contributed by atoms with Crippen molar-refractivity contribution in [3.8, 4) is 0 Å². The van der Waals surface area contributed by atoms with E-state index in [2.05, 4.69) is 37.2 Å². The second-order valence-electron chi connectivity index (χ2n) is 4.10. The molecule has 0 heterocycles. The SMILES string of the molecule is Cc1cc(Br)cc(NC(=O)c2cc(Cl)ccc2Br)c1. The van der Waals surface area contributed by atoms with E-state index in [-0.39, 0.29) is 5.91 Å². The third-order valence-corrected chi connectivity index (χ3v) is 3.86. The highest BCUT2D eigenvalue weighted by Gasteiger charge is 2.11. The average molecular weight is 404 g/mol. The number of aryl methyl sites for hydroxylation is 1. The third kappa shape index (κ3) is 3.81. The fourth-order valence-electron chi connectivity index (χ4n) is 1.68. The minimum Gasteiger partial charge on any atom is -0.322 e. The summed E-state index contributed by atoms with van der Waals surface area (Å²) in [6.45, 7) is 1.97. The van der Waals surface area contributed by atoms with Gasteiger partial charge in [0.25, 0.3) is 5.91 Å².